The summed E-state index contributed by atoms with van der Waals surface area (Å²) in [5.41, 5.74) is 0.686. The van der Waals surface area contributed by atoms with Crippen LogP contribution in [0.25, 0.3) is 0 Å². The summed E-state index contributed by atoms with van der Waals surface area (Å²) in [5, 5.41) is 9.61. The summed E-state index contributed by atoms with van der Waals surface area (Å²) >= 11 is 1.80. The maximum atomic E-state index is 12.9. The van der Waals surface area contributed by atoms with Crippen LogP contribution in [0.1, 0.15) is 41.4 Å². The Morgan fingerprint density at radius 1 is 1.19 bits per heavy atom. The number of amides is 1. The number of carbonyl (C=O) groups is 1. The standard InChI is InChI=1S/C20H20N4OS/c25-18(20(9-10-20)15-5-2-1-3-6-15)22-19-21-17-13-14(8-11-24(17)23-19)16-7-4-12-26-16/h1-7,12,14H,8-11,13H2,(H,22,23,25). The molecule has 1 fully saturated rings. The zero-order valence-electron chi connectivity index (χ0n) is 14.4. The lowest BCUT2D eigenvalue weighted by molar-refractivity contribution is -0.118. The van der Waals surface area contributed by atoms with Gasteiger partial charge in [0, 0.05) is 23.8 Å². The molecule has 2 aliphatic rings. The topological polar surface area (TPSA) is 59.8 Å². The monoisotopic (exact) mass is 364 g/mol. The second-order valence-electron chi connectivity index (χ2n) is 7.18. The molecule has 3 heterocycles. The van der Waals surface area contributed by atoms with Crippen molar-refractivity contribution >= 4 is 23.2 Å². The number of aromatic nitrogens is 3. The first kappa shape index (κ1) is 15.8. The smallest absolute Gasteiger partial charge is 0.249 e. The first-order valence-corrected chi connectivity index (χ1v) is 9.97. The van der Waals surface area contributed by atoms with Gasteiger partial charge < -0.3 is 0 Å². The van der Waals surface area contributed by atoms with E-state index < -0.39 is 5.41 Å². The highest BCUT2D eigenvalue weighted by Crippen LogP contribution is 2.48. The number of hydrogen-bond acceptors (Lipinski definition) is 4. The molecule has 0 spiro atoms. The summed E-state index contributed by atoms with van der Waals surface area (Å²) in [7, 11) is 0. The SMILES string of the molecule is O=C(Nc1nc2n(n1)CCC(c1cccs1)C2)C1(c2ccccc2)CC1. The average Bonchev–Trinajstić information content (AvgIpc) is 3.11. The summed E-state index contributed by atoms with van der Waals surface area (Å²) in [4.78, 5) is 18.9. The molecule has 132 valence electrons. The molecule has 0 bridgehead atoms. The van der Waals surface area contributed by atoms with Crippen molar-refractivity contribution in [1.82, 2.24) is 14.8 Å². The van der Waals surface area contributed by atoms with Crippen LogP contribution in [0.5, 0.6) is 0 Å². The largest absolute Gasteiger partial charge is 0.292 e. The quantitative estimate of drug-likeness (QED) is 0.767. The molecule has 2 aromatic heterocycles. The highest BCUT2D eigenvalue weighted by Gasteiger charge is 2.51. The van der Waals surface area contributed by atoms with Crippen LogP contribution in [0.3, 0.4) is 0 Å². The number of nitrogens with one attached hydrogen (secondary N) is 1. The van der Waals surface area contributed by atoms with E-state index in [1.807, 2.05) is 35.0 Å². The van der Waals surface area contributed by atoms with Crippen molar-refractivity contribution in [2.24, 2.45) is 0 Å². The number of nitrogens with zero attached hydrogens (tertiary/aromatic N) is 3. The lowest BCUT2D eigenvalue weighted by atomic mass is 9.95. The van der Waals surface area contributed by atoms with Gasteiger partial charge in [-0.3, -0.25) is 10.1 Å². The Kier molecular flexibility index (Phi) is 3.67. The number of anilines is 1. The number of fused-ring (bicyclic) bond motifs is 1. The lowest BCUT2D eigenvalue weighted by Gasteiger charge is -2.20. The molecule has 0 radical (unpaired) electrons. The van der Waals surface area contributed by atoms with E-state index >= 15 is 0 Å². The summed E-state index contributed by atoms with van der Waals surface area (Å²) in [6, 6.07) is 14.3. The van der Waals surface area contributed by atoms with E-state index in [1.54, 1.807) is 11.3 Å². The summed E-state index contributed by atoms with van der Waals surface area (Å²) in [6.45, 7) is 0.852. The predicted molar refractivity (Wildman–Crippen MR) is 101 cm³/mol. The van der Waals surface area contributed by atoms with Gasteiger partial charge in [0.25, 0.3) is 0 Å². The van der Waals surface area contributed by atoms with Gasteiger partial charge >= 0.3 is 0 Å². The van der Waals surface area contributed by atoms with Gasteiger partial charge in [-0.15, -0.1) is 16.4 Å². The fourth-order valence-electron chi connectivity index (χ4n) is 3.87. The normalized spacial score (nSPS) is 20.4. The third-order valence-corrected chi connectivity index (χ3v) is 6.58. The van der Waals surface area contributed by atoms with Crippen LogP contribution in [0.15, 0.2) is 47.8 Å². The third-order valence-electron chi connectivity index (χ3n) is 5.55. The fraction of sp³-hybridized carbons (Fsp3) is 0.350. The highest BCUT2D eigenvalue weighted by atomic mass is 32.1. The first-order chi connectivity index (χ1) is 12.7. The van der Waals surface area contributed by atoms with E-state index in [0.29, 0.717) is 11.9 Å². The molecule has 5 nitrogen and oxygen atoms in total. The Labute approximate surface area is 156 Å². The number of aryl methyl sites for hydroxylation is 1. The Hall–Kier alpha value is -2.47. The van der Waals surface area contributed by atoms with Gasteiger partial charge in [-0.25, -0.2) is 4.68 Å². The summed E-state index contributed by atoms with van der Waals surface area (Å²) in [5.74, 6) is 1.93. The molecule has 3 aromatic rings. The van der Waals surface area contributed by atoms with Crippen LogP contribution in [0.4, 0.5) is 5.95 Å². The van der Waals surface area contributed by atoms with Crippen molar-refractivity contribution in [2.45, 2.75) is 43.6 Å². The van der Waals surface area contributed by atoms with Crippen LogP contribution in [0, 0.1) is 0 Å². The highest BCUT2D eigenvalue weighted by molar-refractivity contribution is 7.10. The predicted octanol–water partition coefficient (Wildman–Crippen LogP) is 3.74. The number of benzene rings is 1. The van der Waals surface area contributed by atoms with Crippen LogP contribution in [-0.2, 0) is 23.2 Å². The molecular formula is C20H20N4OS. The van der Waals surface area contributed by atoms with Crippen LogP contribution < -0.4 is 5.32 Å². The Morgan fingerprint density at radius 2 is 2.04 bits per heavy atom. The minimum atomic E-state index is -0.396. The third kappa shape index (κ3) is 2.65. The van der Waals surface area contributed by atoms with E-state index in [-0.39, 0.29) is 5.91 Å². The maximum Gasteiger partial charge on any atom is 0.249 e. The van der Waals surface area contributed by atoms with E-state index in [4.69, 9.17) is 0 Å². The first-order valence-electron chi connectivity index (χ1n) is 9.09. The summed E-state index contributed by atoms with van der Waals surface area (Å²) in [6.07, 6.45) is 3.72. The van der Waals surface area contributed by atoms with E-state index in [1.165, 1.54) is 4.88 Å². The molecule has 26 heavy (non-hydrogen) atoms. The molecule has 1 unspecified atom stereocenters. The zero-order chi connectivity index (χ0) is 17.6. The number of hydrogen-bond donors (Lipinski definition) is 1. The molecule has 1 aromatic carbocycles. The molecule has 1 aliphatic heterocycles. The van der Waals surface area contributed by atoms with Gasteiger partial charge in [0.1, 0.15) is 5.82 Å². The fourth-order valence-corrected chi connectivity index (χ4v) is 4.74. The molecule has 1 N–H and O–H groups in total. The van der Waals surface area contributed by atoms with Crippen LogP contribution >= 0.6 is 11.3 Å². The van der Waals surface area contributed by atoms with E-state index in [2.05, 4.69) is 32.9 Å². The van der Waals surface area contributed by atoms with E-state index in [0.717, 1.165) is 43.6 Å². The van der Waals surface area contributed by atoms with Gasteiger partial charge in [0.15, 0.2) is 0 Å². The maximum absolute atomic E-state index is 12.9. The second kappa shape index (κ2) is 6.06. The molecule has 1 amide bonds. The van der Waals surface area contributed by atoms with Crippen molar-refractivity contribution in [3.8, 4) is 0 Å². The number of thiophene rings is 1. The van der Waals surface area contributed by atoms with Gasteiger partial charge in [-0.1, -0.05) is 36.4 Å². The zero-order valence-corrected chi connectivity index (χ0v) is 15.2. The second-order valence-corrected chi connectivity index (χ2v) is 8.16. The van der Waals surface area contributed by atoms with Gasteiger partial charge in [0.05, 0.1) is 5.41 Å². The molecule has 6 heteroatoms. The molecule has 0 saturated heterocycles. The van der Waals surface area contributed by atoms with Crippen molar-refractivity contribution < 1.29 is 4.79 Å². The van der Waals surface area contributed by atoms with Crippen LogP contribution in [-0.4, -0.2) is 20.7 Å². The minimum absolute atomic E-state index is 0.0152. The van der Waals surface area contributed by atoms with Crippen molar-refractivity contribution in [3.63, 3.8) is 0 Å². The lowest BCUT2D eigenvalue weighted by Crippen LogP contribution is -2.28. The Morgan fingerprint density at radius 3 is 2.77 bits per heavy atom. The number of rotatable bonds is 4. The molecule has 1 aliphatic carbocycles. The minimum Gasteiger partial charge on any atom is -0.292 e. The molecule has 1 saturated carbocycles. The van der Waals surface area contributed by atoms with Gasteiger partial charge in [0.2, 0.25) is 11.9 Å². The van der Waals surface area contributed by atoms with Gasteiger partial charge in [-0.2, -0.15) is 4.98 Å². The van der Waals surface area contributed by atoms with E-state index in [9.17, 15) is 4.79 Å². The summed E-state index contributed by atoms with van der Waals surface area (Å²) < 4.78 is 1.95. The Bertz CT molecular complexity index is 928. The number of carbonyl (C=O) groups excluding carboxylic acids is 1. The van der Waals surface area contributed by atoms with Crippen LogP contribution in [0.2, 0.25) is 0 Å². The Balaban J connectivity index is 1.33. The van der Waals surface area contributed by atoms with Crippen molar-refractivity contribution in [3.05, 3.63) is 64.1 Å². The molecule has 1 atom stereocenters. The molecular weight excluding hydrogens is 344 g/mol. The van der Waals surface area contributed by atoms with Gasteiger partial charge in [-0.05, 0) is 36.3 Å². The van der Waals surface area contributed by atoms with Crippen molar-refractivity contribution in [1.29, 1.82) is 0 Å². The average molecular weight is 364 g/mol. The molecule has 5 rings (SSSR count). The van der Waals surface area contributed by atoms with Crippen molar-refractivity contribution in [2.75, 3.05) is 5.32 Å².